The molecule has 0 spiro atoms. The Balaban J connectivity index is 1.69. The normalized spacial score (nSPS) is 11.7. The Hall–Kier alpha value is -4.17. The summed E-state index contributed by atoms with van der Waals surface area (Å²) in [6.45, 7) is 0. The lowest BCUT2D eigenvalue weighted by atomic mass is 9.95. The van der Waals surface area contributed by atoms with E-state index in [2.05, 4.69) is 9.71 Å². The van der Waals surface area contributed by atoms with Gasteiger partial charge in [-0.1, -0.05) is 42.5 Å². The van der Waals surface area contributed by atoms with E-state index in [9.17, 15) is 18.0 Å². The van der Waals surface area contributed by atoms with Crippen LogP contribution in [0.15, 0.2) is 94.6 Å². The molecule has 0 amide bonds. The van der Waals surface area contributed by atoms with Gasteiger partial charge in [0.2, 0.25) is 10.0 Å². The molecule has 4 aromatic carbocycles. The zero-order valence-electron chi connectivity index (χ0n) is 17.6. The summed E-state index contributed by atoms with van der Waals surface area (Å²) in [4.78, 5) is 26.2. The second-order valence-corrected chi connectivity index (χ2v) is 9.59. The van der Waals surface area contributed by atoms with Crippen LogP contribution in [-0.4, -0.2) is 24.2 Å². The van der Waals surface area contributed by atoms with E-state index < -0.39 is 21.3 Å². The molecule has 5 rings (SSSR count). The topological polar surface area (TPSA) is 101 Å². The monoisotopic (exact) mass is 457 g/mol. The number of sulfonamides is 1. The van der Waals surface area contributed by atoms with E-state index in [0.29, 0.717) is 11.4 Å². The second-order valence-electron chi connectivity index (χ2n) is 7.85. The van der Waals surface area contributed by atoms with Gasteiger partial charge in [0, 0.05) is 18.0 Å². The van der Waals surface area contributed by atoms with Crippen LogP contribution in [-0.2, 0) is 10.0 Å². The van der Waals surface area contributed by atoms with E-state index in [1.807, 2.05) is 60.7 Å². The summed E-state index contributed by atoms with van der Waals surface area (Å²) in [6, 6.07) is 24.3. The summed E-state index contributed by atoms with van der Waals surface area (Å²) < 4.78 is 27.0. The minimum atomic E-state index is -3.36. The van der Waals surface area contributed by atoms with Crippen LogP contribution in [0.3, 0.4) is 0 Å². The molecule has 0 aliphatic rings. The molecule has 0 bridgehead atoms. The quantitative estimate of drug-likeness (QED) is 0.428. The Morgan fingerprint density at radius 1 is 0.818 bits per heavy atom. The van der Waals surface area contributed by atoms with Crippen LogP contribution in [0, 0.1) is 0 Å². The Bertz CT molecular complexity index is 1770. The molecule has 1 heterocycles. The number of nitrogens with one attached hydrogen (secondary N) is 2. The maximum absolute atomic E-state index is 12.4. The molecule has 0 aliphatic carbocycles. The van der Waals surface area contributed by atoms with Gasteiger partial charge < -0.3 is 0 Å². The predicted molar refractivity (Wildman–Crippen MR) is 132 cm³/mol. The first kappa shape index (κ1) is 20.7. The molecule has 7 nitrogen and oxygen atoms in total. The highest BCUT2D eigenvalue weighted by Crippen LogP contribution is 2.33. The first-order valence-corrected chi connectivity index (χ1v) is 12.0. The van der Waals surface area contributed by atoms with Crippen molar-refractivity contribution in [1.82, 2.24) is 9.55 Å². The van der Waals surface area contributed by atoms with E-state index in [1.54, 1.807) is 12.1 Å². The highest BCUT2D eigenvalue weighted by molar-refractivity contribution is 7.92. The molecule has 0 aliphatic heterocycles. The zero-order chi connectivity index (χ0) is 23.2. The molecule has 0 fully saturated rings. The number of H-pyrrole nitrogens is 1. The fourth-order valence-corrected chi connectivity index (χ4v) is 4.54. The van der Waals surface area contributed by atoms with Crippen molar-refractivity contribution in [3.63, 3.8) is 0 Å². The average molecular weight is 458 g/mol. The van der Waals surface area contributed by atoms with Crippen LogP contribution in [0.2, 0.25) is 0 Å². The molecule has 0 unspecified atom stereocenters. The lowest BCUT2D eigenvalue weighted by Crippen LogP contribution is -2.27. The minimum Gasteiger partial charge on any atom is -0.284 e. The predicted octanol–water partition coefficient (Wildman–Crippen LogP) is 3.87. The first-order valence-electron chi connectivity index (χ1n) is 10.1. The maximum atomic E-state index is 12.4. The van der Waals surface area contributed by atoms with Crippen LogP contribution in [0.5, 0.6) is 0 Å². The lowest BCUT2D eigenvalue weighted by Gasteiger charge is -2.13. The standard InChI is InChI=1S/C25H19N3O4S/c1-33(31,32)27-20-9-8-16-12-19(7-6-17(16)13-20)23-15-21(14-18-4-2-3-5-22(18)23)28-11-10-24(29)26-25(28)30/h2-15,27H,1H3,(H,26,29,30). The van der Waals surface area contributed by atoms with E-state index in [0.717, 1.165) is 38.9 Å². The SMILES string of the molecule is CS(=O)(=O)Nc1ccc2cc(-c3cc(-n4ccc(=O)[nH]c4=O)cc4ccccc34)ccc2c1. The van der Waals surface area contributed by atoms with Gasteiger partial charge in [-0.15, -0.1) is 0 Å². The van der Waals surface area contributed by atoms with Crippen LogP contribution < -0.4 is 16.0 Å². The van der Waals surface area contributed by atoms with Crippen molar-refractivity contribution in [3.05, 3.63) is 106 Å². The van der Waals surface area contributed by atoms with Crippen LogP contribution in [0.1, 0.15) is 0 Å². The van der Waals surface area contributed by atoms with Gasteiger partial charge in [-0.3, -0.25) is 19.1 Å². The van der Waals surface area contributed by atoms with Crippen molar-refractivity contribution in [2.45, 2.75) is 0 Å². The number of fused-ring (bicyclic) bond motifs is 2. The van der Waals surface area contributed by atoms with Gasteiger partial charge in [-0.2, -0.15) is 0 Å². The maximum Gasteiger partial charge on any atom is 0.332 e. The molecule has 5 aromatic rings. The Kier molecular flexibility index (Phi) is 4.87. The van der Waals surface area contributed by atoms with Gasteiger partial charge in [-0.05, 0) is 63.0 Å². The molecule has 0 radical (unpaired) electrons. The molecule has 2 N–H and O–H groups in total. The van der Waals surface area contributed by atoms with Crippen molar-refractivity contribution in [2.24, 2.45) is 0 Å². The summed E-state index contributed by atoms with van der Waals surface area (Å²) in [5.74, 6) is 0. The van der Waals surface area contributed by atoms with Gasteiger partial charge in [-0.25, -0.2) is 13.2 Å². The Labute approximate surface area is 189 Å². The third kappa shape index (κ3) is 4.16. The minimum absolute atomic E-state index is 0.448. The van der Waals surface area contributed by atoms with E-state index in [-0.39, 0.29) is 0 Å². The van der Waals surface area contributed by atoms with Crippen LogP contribution in [0.4, 0.5) is 5.69 Å². The van der Waals surface area contributed by atoms with Crippen LogP contribution >= 0.6 is 0 Å². The van der Waals surface area contributed by atoms with Gasteiger partial charge in [0.25, 0.3) is 5.56 Å². The van der Waals surface area contributed by atoms with Gasteiger partial charge in [0.05, 0.1) is 11.9 Å². The van der Waals surface area contributed by atoms with Crippen molar-refractivity contribution in [3.8, 4) is 16.8 Å². The summed E-state index contributed by atoms with van der Waals surface area (Å²) in [6.07, 6.45) is 2.58. The van der Waals surface area contributed by atoms with Gasteiger partial charge in [0.1, 0.15) is 0 Å². The van der Waals surface area contributed by atoms with E-state index in [1.165, 1.54) is 16.8 Å². The summed E-state index contributed by atoms with van der Waals surface area (Å²) >= 11 is 0. The molecule has 8 heteroatoms. The number of aromatic nitrogens is 2. The summed E-state index contributed by atoms with van der Waals surface area (Å²) in [5, 5.41) is 3.82. The Morgan fingerprint density at radius 2 is 1.58 bits per heavy atom. The summed E-state index contributed by atoms with van der Waals surface area (Å²) in [7, 11) is -3.36. The van der Waals surface area contributed by atoms with E-state index in [4.69, 9.17) is 0 Å². The number of nitrogens with zero attached hydrogens (tertiary/aromatic N) is 1. The fourth-order valence-electron chi connectivity index (χ4n) is 3.98. The second kappa shape index (κ2) is 7.75. The number of anilines is 1. The molecular weight excluding hydrogens is 438 g/mol. The number of benzene rings is 4. The summed E-state index contributed by atoms with van der Waals surface area (Å²) in [5.41, 5.74) is 2.06. The third-order valence-corrected chi connectivity index (χ3v) is 6.01. The largest absolute Gasteiger partial charge is 0.332 e. The highest BCUT2D eigenvalue weighted by atomic mass is 32.2. The fraction of sp³-hybridized carbons (Fsp3) is 0.0400. The molecule has 33 heavy (non-hydrogen) atoms. The average Bonchev–Trinajstić information content (AvgIpc) is 2.77. The number of hydrogen-bond acceptors (Lipinski definition) is 4. The van der Waals surface area contributed by atoms with Gasteiger partial charge in [0.15, 0.2) is 0 Å². The Morgan fingerprint density at radius 3 is 2.36 bits per heavy atom. The molecule has 0 atom stereocenters. The van der Waals surface area contributed by atoms with Crippen molar-refractivity contribution < 1.29 is 8.42 Å². The molecular formula is C25H19N3O4S. The lowest BCUT2D eigenvalue weighted by molar-refractivity contribution is 0.607. The van der Waals surface area contributed by atoms with Gasteiger partial charge >= 0.3 is 5.69 Å². The van der Waals surface area contributed by atoms with Crippen LogP contribution in [0.25, 0.3) is 38.4 Å². The number of aromatic amines is 1. The number of hydrogen-bond donors (Lipinski definition) is 2. The highest BCUT2D eigenvalue weighted by Gasteiger charge is 2.10. The number of rotatable bonds is 4. The van der Waals surface area contributed by atoms with Crippen molar-refractivity contribution in [2.75, 3.05) is 11.0 Å². The first-order chi connectivity index (χ1) is 15.8. The van der Waals surface area contributed by atoms with Crippen molar-refractivity contribution in [1.29, 1.82) is 0 Å². The van der Waals surface area contributed by atoms with E-state index >= 15 is 0 Å². The third-order valence-electron chi connectivity index (χ3n) is 5.40. The zero-order valence-corrected chi connectivity index (χ0v) is 18.4. The van der Waals surface area contributed by atoms with Crippen molar-refractivity contribution >= 4 is 37.3 Å². The molecule has 0 saturated heterocycles. The molecule has 0 saturated carbocycles. The molecule has 164 valence electrons. The smallest absolute Gasteiger partial charge is 0.284 e. The molecule has 1 aromatic heterocycles.